The van der Waals surface area contributed by atoms with Gasteiger partial charge < -0.3 is 29.5 Å². The fraction of sp³-hybridized carbons (Fsp3) is 0.902. The largest absolute Gasteiger partial charge is 0.466 e. The first-order valence-corrected chi connectivity index (χ1v) is 25.7. The van der Waals surface area contributed by atoms with Crippen LogP contribution >= 0.6 is 0 Å². The number of aliphatic hydroxyl groups excluding tert-OH is 3. The Morgan fingerprint density at radius 3 is 1.51 bits per heavy atom. The molecule has 10 heteroatoms. The number of hydrogen-bond acceptors (Lipinski definition) is 10. The van der Waals surface area contributed by atoms with E-state index in [0.29, 0.717) is 26.0 Å². The lowest BCUT2D eigenvalue weighted by atomic mass is 9.92. The van der Waals surface area contributed by atoms with Crippen molar-refractivity contribution in [3.8, 4) is 0 Å². The van der Waals surface area contributed by atoms with Gasteiger partial charge in [-0.3, -0.25) is 14.5 Å². The van der Waals surface area contributed by atoms with Crippen LogP contribution in [-0.2, 0) is 28.6 Å². The zero-order valence-corrected chi connectivity index (χ0v) is 39.7. The van der Waals surface area contributed by atoms with Gasteiger partial charge in [0.05, 0.1) is 12.7 Å². The van der Waals surface area contributed by atoms with Crippen molar-refractivity contribution < 1.29 is 43.9 Å². The third kappa shape index (κ3) is 33.2. The number of aliphatic hydroxyl groups is 3. The first-order chi connectivity index (χ1) is 29.7. The van der Waals surface area contributed by atoms with Crippen LogP contribution in [0.5, 0.6) is 0 Å². The van der Waals surface area contributed by atoms with Gasteiger partial charge in [-0.1, -0.05) is 162 Å². The maximum Gasteiger partial charge on any atom is 0.333 e. The molecule has 0 saturated heterocycles. The molecule has 0 spiro atoms. The Balaban J connectivity index is 2.43. The number of nitrogens with zero attached hydrogens (tertiary/aromatic N) is 1. The van der Waals surface area contributed by atoms with E-state index < -0.39 is 24.3 Å². The Hall–Kier alpha value is -2.01. The molecule has 0 bridgehead atoms. The summed E-state index contributed by atoms with van der Waals surface area (Å²) in [6, 6.07) is 0. The van der Waals surface area contributed by atoms with Gasteiger partial charge in [0.2, 0.25) is 0 Å². The van der Waals surface area contributed by atoms with Gasteiger partial charge >= 0.3 is 17.9 Å². The van der Waals surface area contributed by atoms with Crippen LogP contribution in [0.1, 0.15) is 239 Å². The lowest BCUT2D eigenvalue weighted by Crippen LogP contribution is -2.41. The highest BCUT2D eigenvalue weighted by Gasteiger charge is 2.32. The van der Waals surface area contributed by atoms with Gasteiger partial charge in [-0.05, 0) is 77.0 Å². The number of hydrogen-bond donors (Lipinski definition) is 3. The summed E-state index contributed by atoms with van der Waals surface area (Å²) in [5.41, 5.74) is 0.177. The van der Waals surface area contributed by atoms with E-state index in [4.69, 9.17) is 14.2 Å². The maximum absolute atomic E-state index is 12.9. The molecule has 0 aromatic carbocycles. The minimum absolute atomic E-state index is 0.0426. The predicted octanol–water partition coefficient (Wildman–Crippen LogP) is 11.6. The first-order valence-electron chi connectivity index (χ1n) is 25.7. The van der Waals surface area contributed by atoms with E-state index in [9.17, 15) is 29.7 Å². The second-order valence-corrected chi connectivity index (χ2v) is 18.0. The van der Waals surface area contributed by atoms with E-state index in [1.807, 2.05) is 0 Å². The van der Waals surface area contributed by atoms with Crippen LogP contribution in [0, 0.1) is 0 Å². The van der Waals surface area contributed by atoms with Crippen LogP contribution in [-0.4, -0.2) is 95.4 Å². The van der Waals surface area contributed by atoms with Gasteiger partial charge in [-0.2, -0.15) is 0 Å². The summed E-state index contributed by atoms with van der Waals surface area (Å²) in [7, 11) is 0. The average Bonchev–Trinajstić information content (AvgIpc) is 3.24. The van der Waals surface area contributed by atoms with E-state index in [1.165, 1.54) is 115 Å². The van der Waals surface area contributed by atoms with Crippen LogP contribution < -0.4 is 0 Å². The quantitative estimate of drug-likeness (QED) is 0.0308. The Morgan fingerprint density at radius 2 is 0.984 bits per heavy atom. The monoisotopic (exact) mass is 866 g/mol. The van der Waals surface area contributed by atoms with E-state index in [2.05, 4.69) is 25.7 Å². The molecule has 10 nitrogen and oxygen atoms in total. The molecule has 3 N–H and O–H groups in total. The fourth-order valence-corrected chi connectivity index (χ4v) is 8.19. The third-order valence-corrected chi connectivity index (χ3v) is 12.2. The predicted molar refractivity (Wildman–Crippen MR) is 248 cm³/mol. The molecule has 0 aliphatic heterocycles. The number of rotatable bonds is 43. The van der Waals surface area contributed by atoms with Crippen molar-refractivity contribution in [2.45, 2.75) is 263 Å². The molecule has 0 radical (unpaired) electrons. The van der Waals surface area contributed by atoms with Crippen LogP contribution in [0.25, 0.3) is 0 Å². The van der Waals surface area contributed by atoms with Crippen molar-refractivity contribution in [3.05, 3.63) is 11.6 Å². The molecule has 1 aliphatic carbocycles. The molecule has 0 saturated carbocycles. The summed E-state index contributed by atoms with van der Waals surface area (Å²) >= 11 is 0. The third-order valence-electron chi connectivity index (χ3n) is 12.2. The number of esters is 3. The molecule has 0 unspecified atom stereocenters. The second kappa shape index (κ2) is 40.7. The van der Waals surface area contributed by atoms with Crippen molar-refractivity contribution in [3.63, 3.8) is 0 Å². The molecular weight excluding hydrogens is 771 g/mol. The summed E-state index contributed by atoms with van der Waals surface area (Å²) in [5, 5.41) is 29.8. The summed E-state index contributed by atoms with van der Waals surface area (Å²) in [4.78, 5) is 40.1. The molecule has 0 aromatic rings. The van der Waals surface area contributed by atoms with Gasteiger partial charge in [0.1, 0.15) is 24.9 Å². The Bertz CT molecular complexity index is 1070. The Morgan fingerprint density at radius 1 is 0.541 bits per heavy atom. The molecule has 1 rings (SSSR count). The number of carbonyl (C=O) groups excluding carboxylic acids is 3. The SMILES string of the molecule is CCCCCCCCCCCOC(=O)CCCCCN(CCCCCCCC(=O)OC(CCCCCCCC)CCCCCCCC)CCOC(=O)C1=C[C@@H](O)[C@@H](O)[C@H](O)C1. The number of unbranched alkanes of at least 4 members (excludes halogenated alkanes) is 24. The summed E-state index contributed by atoms with van der Waals surface area (Å²) in [6.07, 6.45) is 34.0. The van der Waals surface area contributed by atoms with Crippen LogP contribution in [0.2, 0.25) is 0 Å². The van der Waals surface area contributed by atoms with E-state index in [0.717, 1.165) is 103 Å². The fourth-order valence-electron chi connectivity index (χ4n) is 8.19. The van der Waals surface area contributed by atoms with Crippen LogP contribution in [0.15, 0.2) is 11.6 Å². The topological polar surface area (TPSA) is 143 Å². The second-order valence-electron chi connectivity index (χ2n) is 18.0. The Kier molecular flexibility index (Phi) is 38.1. The molecule has 61 heavy (non-hydrogen) atoms. The number of carbonyl (C=O) groups is 3. The van der Waals surface area contributed by atoms with Crippen molar-refractivity contribution >= 4 is 17.9 Å². The van der Waals surface area contributed by atoms with Crippen LogP contribution in [0.3, 0.4) is 0 Å². The summed E-state index contributed by atoms with van der Waals surface area (Å²) in [6.45, 7) is 9.65. The molecule has 0 heterocycles. The maximum atomic E-state index is 12.9. The van der Waals surface area contributed by atoms with E-state index in [1.54, 1.807) is 0 Å². The molecule has 0 amide bonds. The highest BCUT2D eigenvalue weighted by molar-refractivity contribution is 5.88. The summed E-state index contributed by atoms with van der Waals surface area (Å²) < 4.78 is 17.0. The normalized spacial score (nSPS) is 16.6. The first kappa shape index (κ1) is 57.0. The molecule has 0 fully saturated rings. The average molecular weight is 866 g/mol. The summed E-state index contributed by atoms with van der Waals surface area (Å²) in [5.74, 6) is -0.739. The minimum Gasteiger partial charge on any atom is -0.466 e. The highest BCUT2D eigenvalue weighted by atomic mass is 16.5. The Labute approximate surface area is 373 Å². The minimum atomic E-state index is -1.31. The van der Waals surface area contributed by atoms with Crippen LogP contribution in [0.4, 0.5) is 0 Å². The van der Waals surface area contributed by atoms with Gasteiger partial charge in [0.25, 0.3) is 0 Å². The molecular formula is C51H95NO9. The van der Waals surface area contributed by atoms with Crippen molar-refractivity contribution in [1.29, 1.82) is 0 Å². The van der Waals surface area contributed by atoms with Gasteiger partial charge in [0, 0.05) is 31.4 Å². The smallest absolute Gasteiger partial charge is 0.333 e. The lowest BCUT2D eigenvalue weighted by Gasteiger charge is -2.27. The van der Waals surface area contributed by atoms with Gasteiger partial charge in [0.15, 0.2) is 0 Å². The molecule has 1 aliphatic rings. The highest BCUT2D eigenvalue weighted by Crippen LogP contribution is 2.21. The molecule has 3 atom stereocenters. The zero-order valence-electron chi connectivity index (χ0n) is 39.7. The van der Waals surface area contributed by atoms with E-state index >= 15 is 0 Å². The van der Waals surface area contributed by atoms with Gasteiger partial charge in [-0.25, -0.2) is 4.79 Å². The molecule has 358 valence electrons. The number of ether oxygens (including phenoxy) is 3. The van der Waals surface area contributed by atoms with Crippen molar-refractivity contribution in [1.82, 2.24) is 4.90 Å². The van der Waals surface area contributed by atoms with Crippen molar-refractivity contribution in [2.75, 3.05) is 32.8 Å². The standard InChI is InChI=1S/C51H95NO9/c1-4-7-10-13-16-17-18-24-32-40-59-48(55)35-29-25-31-38-52(39-41-60-51(58)44-42-46(53)50(57)47(54)43-44)37-30-23-19-22-28-36-49(56)61-45(33-26-20-14-11-8-5-2)34-27-21-15-12-9-6-3/h42,45-47,50,53-54,57H,4-41,43H2,1-3H3/t46-,47-,50-/m1/s1. The van der Waals surface area contributed by atoms with E-state index in [-0.39, 0.29) is 36.6 Å². The molecule has 0 aromatic heterocycles. The lowest BCUT2D eigenvalue weighted by molar-refractivity contribution is -0.150. The zero-order chi connectivity index (χ0) is 44.6. The van der Waals surface area contributed by atoms with Gasteiger partial charge in [-0.15, -0.1) is 0 Å². The van der Waals surface area contributed by atoms with Crippen molar-refractivity contribution in [2.24, 2.45) is 0 Å².